The van der Waals surface area contributed by atoms with E-state index in [2.05, 4.69) is 10.4 Å². The van der Waals surface area contributed by atoms with E-state index < -0.39 is 11.6 Å². The molecule has 7 heteroatoms. The van der Waals surface area contributed by atoms with Crippen molar-refractivity contribution in [1.29, 1.82) is 0 Å². The third-order valence-electron chi connectivity index (χ3n) is 5.15. The van der Waals surface area contributed by atoms with E-state index in [1.165, 1.54) is 25.3 Å². The lowest BCUT2D eigenvalue weighted by Gasteiger charge is -2.23. The molecule has 1 atom stereocenters. The van der Waals surface area contributed by atoms with Gasteiger partial charge in [0.2, 0.25) is 5.91 Å². The SMILES string of the molecule is Cc1ccc(-c2cc(N)c(=O)n([C@@H](C)C(=O)NC3CCCCCCC3)n2)o1. The van der Waals surface area contributed by atoms with Crippen molar-refractivity contribution in [1.82, 2.24) is 15.1 Å². The van der Waals surface area contributed by atoms with E-state index in [9.17, 15) is 9.59 Å². The van der Waals surface area contributed by atoms with E-state index in [1.807, 2.05) is 13.0 Å². The smallest absolute Gasteiger partial charge is 0.290 e. The summed E-state index contributed by atoms with van der Waals surface area (Å²) in [6.07, 6.45) is 7.90. The molecule has 1 amide bonds. The summed E-state index contributed by atoms with van der Waals surface area (Å²) in [5, 5.41) is 7.43. The molecule has 0 saturated heterocycles. The van der Waals surface area contributed by atoms with Crippen LogP contribution >= 0.6 is 0 Å². The molecule has 0 radical (unpaired) electrons. The van der Waals surface area contributed by atoms with Crippen molar-refractivity contribution in [3.63, 3.8) is 0 Å². The van der Waals surface area contributed by atoms with Gasteiger partial charge in [0.05, 0.1) is 0 Å². The molecule has 27 heavy (non-hydrogen) atoms. The molecule has 2 aromatic rings. The molecule has 146 valence electrons. The largest absolute Gasteiger partial charge is 0.460 e. The van der Waals surface area contributed by atoms with Crippen molar-refractivity contribution >= 4 is 11.6 Å². The molecule has 0 bridgehead atoms. The van der Waals surface area contributed by atoms with Gasteiger partial charge in [0.25, 0.3) is 5.56 Å². The van der Waals surface area contributed by atoms with E-state index >= 15 is 0 Å². The minimum Gasteiger partial charge on any atom is -0.460 e. The third kappa shape index (κ3) is 4.59. The number of aromatic nitrogens is 2. The molecule has 1 fully saturated rings. The van der Waals surface area contributed by atoms with Crippen LogP contribution < -0.4 is 16.6 Å². The lowest BCUT2D eigenvalue weighted by Crippen LogP contribution is -2.42. The average Bonchev–Trinajstić information content (AvgIpc) is 3.05. The van der Waals surface area contributed by atoms with Gasteiger partial charge in [-0.2, -0.15) is 5.10 Å². The lowest BCUT2D eigenvalue weighted by molar-refractivity contribution is -0.125. The molecular formula is C20H28N4O3. The maximum atomic E-state index is 12.8. The molecule has 2 aromatic heterocycles. The molecule has 0 aromatic carbocycles. The number of hydrogen-bond donors (Lipinski definition) is 2. The monoisotopic (exact) mass is 372 g/mol. The fourth-order valence-corrected chi connectivity index (χ4v) is 3.52. The van der Waals surface area contributed by atoms with Gasteiger partial charge in [-0.3, -0.25) is 9.59 Å². The zero-order chi connectivity index (χ0) is 19.4. The summed E-state index contributed by atoms with van der Waals surface area (Å²) in [4.78, 5) is 25.2. The van der Waals surface area contributed by atoms with Gasteiger partial charge in [0.1, 0.15) is 23.2 Å². The number of nitrogens with one attached hydrogen (secondary N) is 1. The number of carbonyl (C=O) groups excluding carboxylic acids is 1. The van der Waals surface area contributed by atoms with E-state index in [4.69, 9.17) is 10.2 Å². The summed E-state index contributed by atoms with van der Waals surface area (Å²) in [7, 11) is 0. The Bertz CT molecular complexity index is 847. The van der Waals surface area contributed by atoms with Gasteiger partial charge >= 0.3 is 0 Å². The first-order valence-electron chi connectivity index (χ1n) is 9.72. The van der Waals surface area contributed by atoms with Gasteiger partial charge in [0, 0.05) is 6.04 Å². The van der Waals surface area contributed by atoms with E-state index in [0.717, 1.165) is 36.1 Å². The number of rotatable bonds is 4. The molecule has 3 rings (SSSR count). The van der Waals surface area contributed by atoms with Crippen LogP contribution in [-0.4, -0.2) is 21.7 Å². The van der Waals surface area contributed by atoms with Gasteiger partial charge < -0.3 is 15.5 Å². The number of aryl methyl sites for hydroxylation is 1. The van der Waals surface area contributed by atoms with Crippen LogP contribution in [0.1, 0.15) is 63.7 Å². The molecule has 1 aliphatic rings. The number of nitrogens with two attached hydrogens (primary N) is 1. The van der Waals surface area contributed by atoms with Gasteiger partial charge in [-0.15, -0.1) is 0 Å². The first-order chi connectivity index (χ1) is 13.0. The highest BCUT2D eigenvalue weighted by Gasteiger charge is 2.23. The predicted molar refractivity (Wildman–Crippen MR) is 104 cm³/mol. The predicted octanol–water partition coefficient (Wildman–Crippen LogP) is 3.18. The highest BCUT2D eigenvalue weighted by molar-refractivity contribution is 5.80. The second-order valence-electron chi connectivity index (χ2n) is 7.37. The van der Waals surface area contributed by atoms with Crippen LogP contribution in [0.2, 0.25) is 0 Å². The highest BCUT2D eigenvalue weighted by Crippen LogP contribution is 2.21. The summed E-state index contributed by atoms with van der Waals surface area (Å²) in [5.41, 5.74) is 5.89. The summed E-state index contributed by atoms with van der Waals surface area (Å²) in [6, 6.07) is 4.47. The Morgan fingerprint density at radius 2 is 1.93 bits per heavy atom. The maximum absolute atomic E-state index is 12.8. The first kappa shape index (κ1) is 19.2. The lowest BCUT2D eigenvalue weighted by atomic mass is 9.96. The maximum Gasteiger partial charge on any atom is 0.290 e. The van der Waals surface area contributed by atoms with Gasteiger partial charge in [0.15, 0.2) is 5.76 Å². The molecular weight excluding hydrogens is 344 g/mol. The Morgan fingerprint density at radius 3 is 2.56 bits per heavy atom. The Kier molecular flexibility index (Phi) is 5.98. The minimum atomic E-state index is -0.749. The molecule has 0 unspecified atom stereocenters. The van der Waals surface area contributed by atoms with E-state index in [1.54, 1.807) is 13.0 Å². The van der Waals surface area contributed by atoms with Crippen LogP contribution in [0.5, 0.6) is 0 Å². The third-order valence-corrected chi connectivity index (χ3v) is 5.15. The second-order valence-corrected chi connectivity index (χ2v) is 7.37. The topological polar surface area (TPSA) is 103 Å². The summed E-state index contributed by atoms with van der Waals surface area (Å²) in [6.45, 7) is 3.50. The van der Waals surface area contributed by atoms with Crippen LogP contribution in [0, 0.1) is 6.92 Å². The Balaban J connectivity index is 1.80. The van der Waals surface area contributed by atoms with Crippen LogP contribution in [-0.2, 0) is 4.79 Å². The number of carbonyl (C=O) groups is 1. The standard InChI is InChI=1S/C20H28N4O3/c1-13-10-11-18(27-13)17-12-16(21)20(26)24(23-17)14(2)19(25)22-15-8-6-4-3-5-7-9-15/h10-12,14-15H,3-9,21H2,1-2H3,(H,22,25)/t14-/m0/s1. The second kappa shape index (κ2) is 8.41. The van der Waals surface area contributed by atoms with Crippen molar-refractivity contribution in [2.24, 2.45) is 0 Å². The van der Waals surface area contributed by atoms with Crippen molar-refractivity contribution in [2.45, 2.75) is 70.9 Å². The normalized spacial score (nSPS) is 17.1. The molecule has 1 saturated carbocycles. The van der Waals surface area contributed by atoms with E-state index in [-0.39, 0.29) is 17.6 Å². The highest BCUT2D eigenvalue weighted by atomic mass is 16.3. The van der Waals surface area contributed by atoms with E-state index in [0.29, 0.717) is 11.5 Å². The fourth-order valence-electron chi connectivity index (χ4n) is 3.52. The Labute approximate surface area is 158 Å². The molecule has 2 heterocycles. The van der Waals surface area contributed by atoms with Crippen molar-refractivity contribution in [3.8, 4) is 11.5 Å². The van der Waals surface area contributed by atoms with Gasteiger partial charge in [-0.1, -0.05) is 32.1 Å². The average molecular weight is 372 g/mol. The first-order valence-corrected chi connectivity index (χ1v) is 9.72. The summed E-state index contributed by atoms with van der Waals surface area (Å²) < 4.78 is 6.73. The fraction of sp³-hybridized carbons (Fsp3) is 0.550. The Hall–Kier alpha value is -2.57. The van der Waals surface area contributed by atoms with Crippen LogP contribution in [0.15, 0.2) is 27.4 Å². The number of furan rings is 1. The molecule has 0 aliphatic heterocycles. The quantitative estimate of drug-likeness (QED) is 0.858. The van der Waals surface area contributed by atoms with Crippen molar-refractivity contribution in [3.05, 3.63) is 34.3 Å². The van der Waals surface area contributed by atoms with Crippen LogP contribution in [0.4, 0.5) is 5.69 Å². The zero-order valence-electron chi connectivity index (χ0n) is 16.0. The van der Waals surface area contributed by atoms with Gasteiger partial charge in [-0.25, -0.2) is 4.68 Å². The van der Waals surface area contributed by atoms with Crippen molar-refractivity contribution < 1.29 is 9.21 Å². The van der Waals surface area contributed by atoms with Crippen LogP contribution in [0.25, 0.3) is 11.5 Å². The Morgan fingerprint density at radius 1 is 1.26 bits per heavy atom. The number of amides is 1. The number of hydrogen-bond acceptors (Lipinski definition) is 5. The van der Waals surface area contributed by atoms with Crippen LogP contribution in [0.3, 0.4) is 0 Å². The number of anilines is 1. The molecule has 1 aliphatic carbocycles. The summed E-state index contributed by atoms with van der Waals surface area (Å²) >= 11 is 0. The van der Waals surface area contributed by atoms with Crippen molar-refractivity contribution in [2.75, 3.05) is 5.73 Å². The number of nitrogens with zero attached hydrogens (tertiary/aromatic N) is 2. The number of nitrogen functional groups attached to an aromatic ring is 1. The molecule has 3 N–H and O–H groups in total. The molecule has 7 nitrogen and oxygen atoms in total. The molecule has 0 spiro atoms. The zero-order valence-corrected chi connectivity index (χ0v) is 16.0. The minimum absolute atomic E-state index is 0.0413. The van der Waals surface area contributed by atoms with Gasteiger partial charge in [-0.05, 0) is 44.9 Å². The summed E-state index contributed by atoms with van der Waals surface area (Å²) in [5.74, 6) is 1.04.